The Kier molecular flexibility index (Phi) is 5.38. The molecular weight excluding hydrogens is 390 g/mol. The highest BCUT2D eigenvalue weighted by molar-refractivity contribution is 7.89. The minimum Gasteiger partial charge on any atom is -0.497 e. The Morgan fingerprint density at radius 2 is 1.93 bits per heavy atom. The standard InChI is InChI=1S/C21H23N3O4S/c1-15-9-11-18(12-10-15)29(25,26)24-13-4-3-8-19(24)21-22-20(23-28-21)16-6-5-7-17(14-16)27-2/h5-7,9-12,14,19H,3-4,8,13H2,1-2H3. The van der Waals surface area contributed by atoms with Gasteiger partial charge in [-0.15, -0.1) is 0 Å². The van der Waals surface area contributed by atoms with Gasteiger partial charge in [0.15, 0.2) is 0 Å². The van der Waals surface area contributed by atoms with Crippen LogP contribution in [0.1, 0.15) is 36.8 Å². The van der Waals surface area contributed by atoms with E-state index in [1.165, 1.54) is 4.31 Å². The highest BCUT2D eigenvalue weighted by atomic mass is 32.2. The van der Waals surface area contributed by atoms with E-state index in [2.05, 4.69) is 10.1 Å². The van der Waals surface area contributed by atoms with Crippen molar-refractivity contribution in [1.82, 2.24) is 14.4 Å². The predicted molar refractivity (Wildman–Crippen MR) is 108 cm³/mol. The van der Waals surface area contributed by atoms with Gasteiger partial charge < -0.3 is 9.26 Å². The van der Waals surface area contributed by atoms with Crippen LogP contribution in [0.15, 0.2) is 57.9 Å². The molecule has 0 saturated carbocycles. The van der Waals surface area contributed by atoms with Crippen LogP contribution < -0.4 is 4.74 Å². The number of ether oxygens (including phenoxy) is 1. The van der Waals surface area contributed by atoms with Crippen LogP contribution in [-0.2, 0) is 10.0 Å². The molecule has 0 radical (unpaired) electrons. The molecule has 0 spiro atoms. The normalized spacial score (nSPS) is 17.9. The fourth-order valence-corrected chi connectivity index (χ4v) is 5.19. The summed E-state index contributed by atoms with van der Waals surface area (Å²) in [6.07, 6.45) is 2.35. The van der Waals surface area contributed by atoms with Gasteiger partial charge in [-0.3, -0.25) is 0 Å². The number of aryl methyl sites for hydroxylation is 1. The van der Waals surface area contributed by atoms with Gasteiger partial charge in [0.1, 0.15) is 11.8 Å². The van der Waals surface area contributed by atoms with Crippen LogP contribution in [0.2, 0.25) is 0 Å². The Morgan fingerprint density at radius 3 is 2.69 bits per heavy atom. The predicted octanol–water partition coefficient (Wildman–Crippen LogP) is 3.97. The summed E-state index contributed by atoms with van der Waals surface area (Å²) in [5.41, 5.74) is 1.77. The number of methoxy groups -OCH3 is 1. The lowest BCUT2D eigenvalue weighted by atomic mass is 10.1. The third-order valence-electron chi connectivity index (χ3n) is 5.14. The zero-order valence-electron chi connectivity index (χ0n) is 16.4. The van der Waals surface area contributed by atoms with Crippen molar-refractivity contribution in [2.24, 2.45) is 0 Å². The van der Waals surface area contributed by atoms with Crippen molar-refractivity contribution >= 4 is 10.0 Å². The van der Waals surface area contributed by atoms with E-state index in [1.807, 2.05) is 31.2 Å². The van der Waals surface area contributed by atoms with E-state index in [1.54, 1.807) is 31.4 Å². The van der Waals surface area contributed by atoms with Crippen LogP contribution in [0.3, 0.4) is 0 Å². The van der Waals surface area contributed by atoms with Gasteiger partial charge in [0, 0.05) is 12.1 Å². The van der Waals surface area contributed by atoms with Gasteiger partial charge >= 0.3 is 0 Å². The largest absolute Gasteiger partial charge is 0.497 e. The second-order valence-electron chi connectivity index (χ2n) is 7.13. The van der Waals surface area contributed by atoms with Crippen LogP contribution in [-0.4, -0.2) is 36.5 Å². The van der Waals surface area contributed by atoms with E-state index in [0.717, 1.165) is 24.0 Å². The molecule has 29 heavy (non-hydrogen) atoms. The topological polar surface area (TPSA) is 85.5 Å². The molecule has 1 aromatic heterocycles. The minimum atomic E-state index is -3.66. The molecular formula is C21H23N3O4S. The summed E-state index contributed by atoms with van der Waals surface area (Å²) >= 11 is 0. The average molecular weight is 413 g/mol. The molecule has 4 rings (SSSR count). The molecule has 152 valence electrons. The van der Waals surface area contributed by atoms with E-state index in [0.29, 0.717) is 30.4 Å². The molecule has 1 aliphatic heterocycles. The Hall–Kier alpha value is -2.71. The van der Waals surface area contributed by atoms with Gasteiger partial charge in [0.2, 0.25) is 21.7 Å². The summed E-state index contributed by atoms with van der Waals surface area (Å²) in [5, 5.41) is 4.07. The fraction of sp³-hybridized carbons (Fsp3) is 0.333. The van der Waals surface area contributed by atoms with Gasteiger partial charge in [-0.1, -0.05) is 41.4 Å². The van der Waals surface area contributed by atoms with E-state index in [4.69, 9.17) is 9.26 Å². The van der Waals surface area contributed by atoms with Crippen molar-refractivity contribution in [3.05, 3.63) is 60.0 Å². The first-order chi connectivity index (χ1) is 14.0. The maximum absolute atomic E-state index is 13.3. The molecule has 0 amide bonds. The van der Waals surface area contributed by atoms with Crippen molar-refractivity contribution < 1.29 is 17.7 Å². The lowest BCUT2D eigenvalue weighted by Crippen LogP contribution is -2.38. The van der Waals surface area contributed by atoms with Gasteiger partial charge in [-0.05, 0) is 44.0 Å². The molecule has 1 unspecified atom stereocenters. The molecule has 0 aliphatic carbocycles. The lowest BCUT2D eigenvalue weighted by molar-refractivity contribution is 0.204. The maximum Gasteiger partial charge on any atom is 0.245 e. The second-order valence-corrected chi connectivity index (χ2v) is 9.02. The first-order valence-corrected chi connectivity index (χ1v) is 11.0. The Morgan fingerprint density at radius 1 is 1.14 bits per heavy atom. The Labute approximate surface area is 170 Å². The average Bonchev–Trinajstić information content (AvgIpc) is 3.24. The molecule has 1 fully saturated rings. The Bertz CT molecular complexity index is 1090. The van der Waals surface area contributed by atoms with Crippen molar-refractivity contribution in [1.29, 1.82) is 0 Å². The summed E-state index contributed by atoms with van der Waals surface area (Å²) in [6, 6.07) is 13.8. The van der Waals surface area contributed by atoms with E-state index < -0.39 is 16.1 Å². The van der Waals surface area contributed by atoms with Crippen molar-refractivity contribution in [3.8, 4) is 17.1 Å². The molecule has 7 nitrogen and oxygen atoms in total. The number of sulfonamides is 1. The number of aromatic nitrogens is 2. The molecule has 1 aliphatic rings. The van der Waals surface area contributed by atoms with Crippen LogP contribution in [0.5, 0.6) is 5.75 Å². The summed E-state index contributed by atoms with van der Waals surface area (Å²) in [6.45, 7) is 2.36. The molecule has 2 aromatic carbocycles. The molecule has 1 saturated heterocycles. The minimum absolute atomic E-state index is 0.280. The van der Waals surface area contributed by atoms with Crippen LogP contribution >= 0.6 is 0 Å². The summed E-state index contributed by atoms with van der Waals surface area (Å²) < 4.78 is 38.8. The van der Waals surface area contributed by atoms with Crippen molar-refractivity contribution in [3.63, 3.8) is 0 Å². The van der Waals surface area contributed by atoms with Gasteiger partial charge in [-0.25, -0.2) is 8.42 Å². The van der Waals surface area contributed by atoms with Gasteiger partial charge in [0.05, 0.1) is 12.0 Å². The van der Waals surface area contributed by atoms with Crippen molar-refractivity contribution in [2.45, 2.75) is 37.1 Å². The van der Waals surface area contributed by atoms with Gasteiger partial charge in [0.25, 0.3) is 0 Å². The molecule has 2 heterocycles. The molecule has 0 bridgehead atoms. The molecule has 0 N–H and O–H groups in total. The third kappa shape index (κ3) is 3.90. The highest BCUT2D eigenvalue weighted by Crippen LogP contribution is 2.35. The highest BCUT2D eigenvalue weighted by Gasteiger charge is 2.37. The first kappa shape index (κ1) is 19.6. The second kappa shape index (κ2) is 7.96. The van der Waals surface area contributed by atoms with Crippen molar-refractivity contribution in [2.75, 3.05) is 13.7 Å². The monoisotopic (exact) mass is 413 g/mol. The SMILES string of the molecule is COc1cccc(-c2noc(C3CCCCN3S(=O)(=O)c3ccc(C)cc3)n2)c1. The number of rotatable bonds is 5. The van der Waals surface area contributed by atoms with Crippen LogP contribution in [0.4, 0.5) is 0 Å². The van der Waals surface area contributed by atoms with E-state index >= 15 is 0 Å². The summed E-state index contributed by atoms with van der Waals surface area (Å²) in [5.74, 6) is 1.42. The van der Waals surface area contributed by atoms with E-state index in [-0.39, 0.29) is 4.90 Å². The molecule has 8 heteroatoms. The van der Waals surface area contributed by atoms with Crippen LogP contribution in [0, 0.1) is 6.92 Å². The zero-order valence-corrected chi connectivity index (χ0v) is 17.2. The number of benzene rings is 2. The quantitative estimate of drug-likeness (QED) is 0.629. The van der Waals surface area contributed by atoms with Crippen LogP contribution in [0.25, 0.3) is 11.4 Å². The molecule has 3 aromatic rings. The van der Waals surface area contributed by atoms with Gasteiger partial charge in [-0.2, -0.15) is 9.29 Å². The van der Waals surface area contributed by atoms with E-state index in [9.17, 15) is 8.42 Å². The maximum atomic E-state index is 13.3. The number of piperidine rings is 1. The number of hydrogen-bond donors (Lipinski definition) is 0. The smallest absolute Gasteiger partial charge is 0.245 e. The fourth-order valence-electron chi connectivity index (χ4n) is 3.54. The summed E-state index contributed by atoms with van der Waals surface area (Å²) in [7, 11) is -2.06. The number of nitrogens with zero attached hydrogens (tertiary/aromatic N) is 3. The molecule has 1 atom stereocenters. The third-order valence-corrected chi connectivity index (χ3v) is 7.06. The first-order valence-electron chi connectivity index (χ1n) is 9.55. The lowest BCUT2D eigenvalue weighted by Gasteiger charge is -2.32. The summed E-state index contributed by atoms with van der Waals surface area (Å²) in [4.78, 5) is 4.79. The number of hydrogen-bond acceptors (Lipinski definition) is 6. The Balaban J connectivity index is 1.66. The zero-order chi connectivity index (χ0) is 20.4.